The van der Waals surface area contributed by atoms with Crippen molar-refractivity contribution in [1.29, 1.82) is 0 Å². The molecule has 1 aliphatic rings. The minimum Gasteiger partial charge on any atom is -0.462 e. The van der Waals surface area contributed by atoms with Gasteiger partial charge in [0.15, 0.2) is 17.9 Å². The first-order valence-electron chi connectivity index (χ1n) is 16.9. The molecule has 1 aliphatic carbocycles. The van der Waals surface area contributed by atoms with Crippen LogP contribution in [0, 0.1) is 9.62 Å². The number of esters is 4. The van der Waals surface area contributed by atoms with E-state index in [9.17, 15) is 19.2 Å². The zero-order valence-electron chi connectivity index (χ0n) is 28.4. The van der Waals surface area contributed by atoms with Crippen molar-refractivity contribution >= 4 is 63.6 Å². The van der Waals surface area contributed by atoms with Gasteiger partial charge in [0.05, 0.1) is 41.2 Å². The number of hydrogen-bond donors (Lipinski definition) is 1. The molecule has 2 N–H and O–H groups in total. The lowest BCUT2D eigenvalue weighted by Crippen LogP contribution is -2.57. The van der Waals surface area contributed by atoms with Gasteiger partial charge in [0.25, 0.3) is 0 Å². The van der Waals surface area contributed by atoms with Gasteiger partial charge in [-0.2, -0.15) is 4.98 Å². The van der Waals surface area contributed by atoms with E-state index in [1.54, 1.807) is 126 Å². The van der Waals surface area contributed by atoms with Crippen LogP contribution in [-0.4, -0.2) is 68.3 Å². The number of benzene rings is 4. The van der Waals surface area contributed by atoms with E-state index in [1.165, 1.54) is 6.33 Å². The summed E-state index contributed by atoms with van der Waals surface area (Å²) in [5, 5.41) is 0. The largest absolute Gasteiger partial charge is 0.462 e. The maximum atomic E-state index is 13.9. The summed E-state index contributed by atoms with van der Waals surface area (Å²) in [5.41, 5.74) is 7.82. The van der Waals surface area contributed by atoms with Crippen molar-refractivity contribution < 1.29 is 38.1 Å². The molecule has 0 saturated heterocycles. The number of hydrogen-bond acceptors (Lipinski definition) is 12. The highest BCUT2D eigenvalue weighted by atomic mass is 127. The first-order valence-corrected chi connectivity index (χ1v) is 18.0. The molecular formula is C40H32IN5O8. The molecule has 4 aromatic carbocycles. The van der Waals surface area contributed by atoms with Crippen LogP contribution in [0.2, 0.25) is 0 Å². The summed E-state index contributed by atoms with van der Waals surface area (Å²) in [7, 11) is 0. The Morgan fingerprint density at radius 2 is 1.07 bits per heavy atom. The molecule has 1 fully saturated rings. The topological polar surface area (TPSA) is 175 Å². The molecular weight excluding hydrogens is 805 g/mol. The summed E-state index contributed by atoms with van der Waals surface area (Å²) in [6, 6.07) is 32.4. The number of halogens is 1. The van der Waals surface area contributed by atoms with Gasteiger partial charge in [-0.3, -0.25) is 0 Å². The molecule has 54 heavy (non-hydrogen) atoms. The molecule has 0 radical (unpaired) electrons. The molecule has 13 nitrogen and oxygen atoms in total. The van der Waals surface area contributed by atoms with Gasteiger partial charge in [-0.05, 0) is 77.5 Å². The summed E-state index contributed by atoms with van der Waals surface area (Å²) in [6.45, 7) is -0.267. The molecule has 7 rings (SSSR count). The third-order valence-corrected chi connectivity index (χ3v) is 9.74. The molecule has 1 saturated carbocycles. The minimum atomic E-state index is -1.44. The van der Waals surface area contributed by atoms with Crippen LogP contribution in [0.3, 0.4) is 0 Å². The smallest absolute Gasteiger partial charge is 0.338 e. The second kappa shape index (κ2) is 16.2. The van der Waals surface area contributed by atoms with Crippen LogP contribution in [0.1, 0.15) is 53.9 Å². The van der Waals surface area contributed by atoms with E-state index in [4.69, 9.17) is 24.7 Å². The number of imidazole rings is 1. The van der Waals surface area contributed by atoms with Crippen molar-refractivity contribution in [2.24, 2.45) is 5.92 Å². The number of nitrogens with two attached hydrogens (primary N) is 1. The van der Waals surface area contributed by atoms with Gasteiger partial charge in [-0.25, -0.2) is 29.1 Å². The molecule has 0 bridgehead atoms. The number of rotatable bonds is 10. The highest BCUT2D eigenvalue weighted by Gasteiger charge is 2.53. The van der Waals surface area contributed by atoms with Crippen molar-refractivity contribution in [3.63, 3.8) is 0 Å². The fraction of sp³-hybridized carbons (Fsp3) is 0.175. The van der Waals surface area contributed by atoms with Crippen LogP contribution in [0.15, 0.2) is 128 Å². The van der Waals surface area contributed by atoms with Gasteiger partial charge in [0.2, 0.25) is 5.95 Å². The fourth-order valence-electron chi connectivity index (χ4n) is 6.41. The molecule has 2 aromatic heterocycles. The molecule has 272 valence electrons. The van der Waals surface area contributed by atoms with Crippen molar-refractivity contribution in [2.45, 2.75) is 30.8 Å². The number of carbonyl (C=O) groups excluding carboxylic acids is 4. The van der Waals surface area contributed by atoms with Crippen molar-refractivity contribution in [3.05, 3.63) is 154 Å². The lowest BCUT2D eigenvalue weighted by molar-refractivity contribution is -0.147. The summed E-state index contributed by atoms with van der Waals surface area (Å²) in [5.74, 6) is -3.65. The van der Waals surface area contributed by atoms with Gasteiger partial charge < -0.3 is 29.2 Å². The predicted molar refractivity (Wildman–Crippen MR) is 203 cm³/mol. The second-order valence-corrected chi connectivity index (χ2v) is 13.5. The first kappa shape index (κ1) is 36.2. The Balaban J connectivity index is 1.36. The van der Waals surface area contributed by atoms with E-state index in [0.717, 1.165) is 0 Å². The molecule has 2 heterocycles. The van der Waals surface area contributed by atoms with Crippen LogP contribution < -0.4 is 5.73 Å². The van der Waals surface area contributed by atoms with Gasteiger partial charge >= 0.3 is 23.9 Å². The van der Waals surface area contributed by atoms with Crippen LogP contribution in [0.5, 0.6) is 0 Å². The maximum absolute atomic E-state index is 13.9. The Morgan fingerprint density at radius 3 is 1.57 bits per heavy atom. The number of fused-ring (bicyclic) bond motifs is 1. The Kier molecular flexibility index (Phi) is 10.9. The Labute approximate surface area is 322 Å². The molecule has 14 heteroatoms. The maximum Gasteiger partial charge on any atom is 0.338 e. The average molecular weight is 838 g/mol. The minimum absolute atomic E-state index is 0.0163. The van der Waals surface area contributed by atoms with Crippen LogP contribution in [0.4, 0.5) is 5.95 Å². The van der Waals surface area contributed by atoms with Gasteiger partial charge in [0, 0.05) is 5.92 Å². The van der Waals surface area contributed by atoms with E-state index in [1.807, 2.05) is 22.6 Å². The zero-order valence-corrected chi connectivity index (χ0v) is 30.6. The quantitative estimate of drug-likeness (QED) is 0.0727. The number of nitrogen functional groups attached to an aromatic ring is 1. The highest BCUT2D eigenvalue weighted by molar-refractivity contribution is 14.1. The third kappa shape index (κ3) is 7.93. The lowest BCUT2D eigenvalue weighted by atomic mass is 9.79. The van der Waals surface area contributed by atoms with Gasteiger partial charge in [-0.15, -0.1) is 0 Å². The summed E-state index contributed by atoms with van der Waals surface area (Å²) in [6.07, 6.45) is -2.44. The fourth-order valence-corrected chi connectivity index (χ4v) is 7.04. The van der Waals surface area contributed by atoms with E-state index in [0.29, 0.717) is 20.4 Å². The SMILES string of the molecule is Nc1nc(I)c2ncn(C3CC(COC(=O)c4ccccc4)C(OC(=O)c4ccccc4)C(OC(=O)c4ccccc4)C3OC(=O)c3ccccc3)c2n1. The molecule has 0 aliphatic heterocycles. The number of carbonyl (C=O) groups is 4. The van der Waals surface area contributed by atoms with Crippen molar-refractivity contribution in [2.75, 3.05) is 12.3 Å². The summed E-state index contributed by atoms with van der Waals surface area (Å²) >= 11 is 2.00. The van der Waals surface area contributed by atoms with E-state index in [2.05, 4.69) is 15.0 Å². The van der Waals surface area contributed by atoms with Crippen molar-refractivity contribution in [1.82, 2.24) is 19.5 Å². The highest BCUT2D eigenvalue weighted by Crippen LogP contribution is 2.41. The normalized spacial score (nSPS) is 19.4. The number of anilines is 1. The van der Waals surface area contributed by atoms with E-state index in [-0.39, 0.29) is 35.7 Å². The second-order valence-electron chi connectivity index (χ2n) is 12.4. The van der Waals surface area contributed by atoms with Crippen molar-refractivity contribution in [3.8, 4) is 0 Å². The number of aromatic nitrogens is 4. The van der Waals surface area contributed by atoms with E-state index < -0.39 is 54.1 Å². The van der Waals surface area contributed by atoms with Crippen LogP contribution >= 0.6 is 22.6 Å². The monoisotopic (exact) mass is 837 g/mol. The van der Waals surface area contributed by atoms with E-state index >= 15 is 0 Å². The van der Waals surface area contributed by atoms with Crippen LogP contribution in [0.25, 0.3) is 11.2 Å². The molecule has 0 spiro atoms. The number of nitrogens with zero attached hydrogens (tertiary/aromatic N) is 4. The van der Waals surface area contributed by atoms with Gasteiger partial charge in [0.1, 0.15) is 15.3 Å². The Hall–Kier alpha value is -6.16. The lowest BCUT2D eigenvalue weighted by Gasteiger charge is -2.45. The summed E-state index contributed by atoms with van der Waals surface area (Å²) in [4.78, 5) is 68.1. The molecule has 0 amide bonds. The molecule has 5 unspecified atom stereocenters. The third-order valence-electron chi connectivity index (χ3n) is 8.98. The zero-order chi connectivity index (χ0) is 37.6. The predicted octanol–water partition coefficient (Wildman–Crippen LogP) is 6.11. The van der Waals surface area contributed by atoms with Crippen LogP contribution in [-0.2, 0) is 18.9 Å². The standard InChI is InChI=1S/C40H32IN5O8/c41-34-30-35(45-40(42)44-34)46(23-43-30)29-21-28(22-51-36(47)24-13-5-1-6-14-24)31(52-37(48)25-15-7-2-8-16-25)33(54-39(50)27-19-11-4-12-20-27)32(29)53-38(49)26-17-9-3-10-18-26/h1-20,23,28-29,31-33H,21-22H2,(H2,42,44,45). The molecule has 6 aromatic rings. The molecule has 5 atom stereocenters. The average Bonchev–Trinajstić information content (AvgIpc) is 3.63. The summed E-state index contributed by atoms with van der Waals surface area (Å²) < 4.78 is 26.8. The van der Waals surface area contributed by atoms with Gasteiger partial charge in [-0.1, -0.05) is 72.8 Å². The Morgan fingerprint density at radius 1 is 0.630 bits per heavy atom. The Bertz CT molecular complexity index is 2280. The number of ether oxygens (including phenoxy) is 4. The first-order chi connectivity index (χ1) is 26.3.